The van der Waals surface area contributed by atoms with Crippen LogP contribution in [0.1, 0.15) is 11.1 Å². The van der Waals surface area contributed by atoms with Gasteiger partial charge in [0.05, 0.1) is 14.2 Å². The lowest BCUT2D eigenvalue weighted by molar-refractivity contribution is 0.414. The zero-order valence-electron chi connectivity index (χ0n) is 14.1. The summed E-state index contributed by atoms with van der Waals surface area (Å²) in [5.41, 5.74) is 2.59. The molecule has 0 aliphatic carbocycles. The molecule has 0 fully saturated rings. The minimum absolute atomic E-state index is 0.898. The van der Waals surface area contributed by atoms with Crippen LogP contribution in [0.5, 0.6) is 11.5 Å². The van der Waals surface area contributed by atoms with Crippen molar-refractivity contribution in [2.45, 2.75) is 13.1 Å². The largest absolute Gasteiger partial charge is 0.497 e. The number of ether oxygens (including phenoxy) is 2. The summed E-state index contributed by atoms with van der Waals surface area (Å²) >= 11 is 0. The highest BCUT2D eigenvalue weighted by molar-refractivity contribution is 7.09. The first-order chi connectivity index (χ1) is 11.1. The van der Waals surface area contributed by atoms with Crippen LogP contribution in [-0.2, 0) is 0 Å². The monoisotopic (exact) mass is 322 g/mol. The predicted molar refractivity (Wildman–Crippen MR) is 99.4 cm³/mol. The third-order valence-corrected chi connectivity index (χ3v) is 8.17. The van der Waals surface area contributed by atoms with Gasteiger partial charge in [-0.1, -0.05) is 49.5 Å². The van der Waals surface area contributed by atoms with Crippen molar-refractivity contribution in [3.63, 3.8) is 0 Å². The standard InChI is InChI=1S/C20H22O2Si/c1-21-17-9-5-15(6-10-17)19-13-14-20(23(19,3)4)16-7-11-18(22-2)12-8-16/h5-14H,1-4H3. The molecule has 118 valence electrons. The Morgan fingerprint density at radius 3 is 1.26 bits per heavy atom. The molecule has 0 aromatic heterocycles. The second-order valence-corrected chi connectivity index (χ2v) is 10.6. The van der Waals surface area contributed by atoms with Crippen molar-refractivity contribution in [3.8, 4) is 11.5 Å². The van der Waals surface area contributed by atoms with Crippen molar-refractivity contribution in [2.75, 3.05) is 14.2 Å². The molecule has 0 saturated heterocycles. The van der Waals surface area contributed by atoms with E-state index in [1.807, 2.05) is 24.3 Å². The van der Waals surface area contributed by atoms with Crippen LogP contribution in [0.25, 0.3) is 10.4 Å². The Balaban J connectivity index is 1.89. The van der Waals surface area contributed by atoms with Gasteiger partial charge >= 0.3 is 0 Å². The average Bonchev–Trinajstić information content (AvgIpc) is 2.90. The van der Waals surface area contributed by atoms with Gasteiger partial charge in [0.2, 0.25) is 0 Å². The molecule has 0 N–H and O–H groups in total. The minimum Gasteiger partial charge on any atom is -0.497 e. The molecule has 0 spiro atoms. The van der Waals surface area contributed by atoms with Gasteiger partial charge in [-0.25, -0.2) is 0 Å². The summed E-state index contributed by atoms with van der Waals surface area (Å²) in [4.78, 5) is 0. The highest BCUT2D eigenvalue weighted by atomic mass is 28.3. The Kier molecular flexibility index (Phi) is 4.14. The number of benzene rings is 2. The van der Waals surface area contributed by atoms with E-state index in [9.17, 15) is 0 Å². The molecule has 2 nitrogen and oxygen atoms in total. The molecular weight excluding hydrogens is 300 g/mol. The van der Waals surface area contributed by atoms with Gasteiger partial charge in [0.25, 0.3) is 0 Å². The van der Waals surface area contributed by atoms with E-state index >= 15 is 0 Å². The zero-order valence-corrected chi connectivity index (χ0v) is 15.1. The molecule has 0 saturated carbocycles. The summed E-state index contributed by atoms with van der Waals surface area (Å²) in [6.45, 7) is 4.82. The SMILES string of the molecule is COc1ccc(C2=CC=C(c3ccc(OC)cc3)[Si]2(C)C)cc1. The molecule has 1 aliphatic rings. The lowest BCUT2D eigenvalue weighted by atomic mass is 10.2. The van der Waals surface area contributed by atoms with Crippen LogP contribution in [0.4, 0.5) is 0 Å². The van der Waals surface area contributed by atoms with Crippen LogP contribution in [0.15, 0.2) is 60.7 Å². The maximum absolute atomic E-state index is 5.26. The molecule has 1 heterocycles. The third-order valence-electron chi connectivity index (χ3n) is 4.57. The van der Waals surface area contributed by atoms with Crippen LogP contribution in [0.2, 0.25) is 13.1 Å². The van der Waals surface area contributed by atoms with E-state index in [4.69, 9.17) is 9.47 Å². The van der Waals surface area contributed by atoms with Crippen LogP contribution < -0.4 is 9.47 Å². The van der Waals surface area contributed by atoms with E-state index in [1.54, 1.807) is 14.2 Å². The van der Waals surface area contributed by atoms with Crippen LogP contribution in [0, 0.1) is 0 Å². The van der Waals surface area contributed by atoms with Crippen LogP contribution in [-0.4, -0.2) is 22.3 Å². The molecule has 2 aromatic rings. The lowest BCUT2D eigenvalue weighted by Gasteiger charge is -2.26. The number of hydrogen-bond donors (Lipinski definition) is 0. The fraction of sp³-hybridized carbons (Fsp3) is 0.200. The van der Waals surface area contributed by atoms with Crippen molar-refractivity contribution in [3.05, 3.63) is 71.8 Å². The van der Waals surface area contributed by atoms with E-state index in [-0.39, 0.29) is 0 Å². The predicted octanol–water partition coefficient (Wildman–Crippen LogP) is 4.97. The second kappa shape index (κ2) is 6.09. The van der Waals surface area contributed by atoms with E-state index in [1.165, 1.54) is 21.5 Å². The van der Waals surface area contributed by atoms with Crippen molar-refractivity contribution < 1.29 is 9.47 Å². The highest BCUT2D eigenvalue weighted by Gasteiger charge is 2.35. The van der Waals surface area contributed by atoms with Crippen LogP contribution in [0.3, 0.4) is 0 Å². The average molecular weight is 322 g/mol. The summed E-state index contributed by atoms with van der Waals surface area (Å²) in [6, 6.07) is 16.8. The number of hydrogen-bond acceptors (Lipinski definition) is 2. The Bertz CT molecular complexity index is 688. The molecule has 1 aliphatic heterocycles. The molecule has 0 amide bonds. The van der Waals surface area contributed by atoms with Crippen molar-refractivity contribution in [1.29, 1.82) is 0 Å². The summed E-state index contributed by atoms with van der Waals surface area (Å²) in [6.07, 6.45) is 4.57. The second-order valence-electron chi connectivity index (χ2n) is 6.24. The van der Waals surface area contributed by atoms with Gasteiger partial charge in [-0.3, -0.25) is 0 Å². The molecule has 2 aromatic carbocycles. The van der Waals surface area contributed by atoms with E-state index in [0.29, 0.717) is 0 Å². The highest BCUT2D eigenvalue weighted by Crippen LogP contribution is 2.41. The van der Waals surface area contributed by atoms with E-state index in [0.717, 1.165) is 11.5 Å². The summed E-state index contributed by atoms with van der Waals surface area (Å²) < 4.78 is 10.5. The Labute approximate surface area is 139 Å². The van der Waals surface area contributed by atoms with Crippen LogP contribution >= 0.6 is 0 Å². The summed E-state index contributed by atoms with van der Waals surface area (Å²) in [7, 11) is 1.71. The van der Waals surface area contributed by atoms with Gasteiger partial charge in [0, 0.05) is 0 Å². The van der Waals surface area contributed by atoms with E-state index in [2.05, 4.69) is 49.5 Å². The number of allylic oxidation sites excluding steroid dienone is 2. The third kappa shape index (κ3) is 2.84. The molecule has 0 bridgehead atoms. The minimum atomic E-state index is -1.70. The first kappa shape index (κ1) is 15.6. The van der Waals surface area contributed by atoms with Crippen molar-refractivity contribution in [2.24, 2.45) is 0 Å². The Morgan fingerprint density at radius 1 is 0.609 bits per heavy atom. The smallest absolute Gasteiger partial charge is 0.118 e. The first-order valence-electron chi connectivity index (χ1n) is 7.78. The maximum Gasteiger partial charge on any atom is 0.118 e. The zero-order chi connectivity index (χ0) is 16.4. The topological polar surface area (TPSA) is 18.5 Å². The van der Waals surface area contributed by atoms with Gasteiger partial charge in [0.15, 0.2) is 0 Å². The van der Waals surface area contributed by atoms with Crippen molar-refractivity contribution >= 4 is 18.5 Å². The fourth-order valence-electron chi connectivity index (χ4n) is 3.18. The molecule has 0 atom stereocenters. The van der Waals surface area contributed by atoms with Gasteiger partial charge < -0.3 is 9.47 Å². The Hall–Kier alpha value is -2.26. The molecule has 0 unspecified atom stereocenters. The summed E-state index contributed by atoms with van der Waals surface area (Å²) in [5.74, 6) is 1.80. The quantitative estimate of drug-likeness (QED) is 0.740. The lowest BCUT2D eigenvalue weighted by Crippen LogP contribution is -2.28. The molecule has 3 rings (SSSR count). The maximum atomic E-state index is 5.26. The molecule has 23 heavy (non-hydrogen) atoms. The number of methoxy groups -OCH3 is 2. The fourth-order valence-corrected chi connectivity index (χ4v) is 6.25. The van der Waals surface area contributed by atoms with Crippen molar-refractivity contribution in [1.82, 2.24) is 0 Å². The summed E-state index contributed by atoms with van der Waals surface area (Å²) in [5, 5.41) is 2.93. The van der Waals surface area contributed by atoms with Gasteiger partial charge in [0.1, 0.15) is 19.6 Å². The molecule has 3 heteroatoms. The normalized spacial score (nSPS) is 15.8. The molecule has 0 radical (unpaired) electrons. The molecular formula is C20H22O2Si. The Morgan fingerprint density at radius 2 is 0.957 bits per heavy atom. The van der Waals surface area contributed by atoms with E-state index < -0.39 is 8.07 Å². The van der Waals surface area contributed by atoms with Gasteiger partial charge in [-0.2, -0.15) is 0 Å². The van der Waals surface area contributed by atoms with Gasteiger partial charge in [-0.15, -0.1) is 0 Å². The first-order valence-corrected chi connectivity index (χ1v) is 10.8. The van der Waals surface area contributed by atoms with Gasteiger partial charge in [-0.05, 0) is 45.8 Å². The number of rotatable bonds is 4.